The zero-order valence-corrected chi connectivity index (χ0v) is 12.7. The summed E-state index contributed by atoms with van der Waals surface area (Å²) in [5.41, 5.74) is 0.373. The van der Waals surface area contributed by atoms with E-state index in [0.29, 0.717) is 5.56 Å². The summed E-state index contributed by atoms with van der Waals surface area (Å²) in [5.74, 6) is -1.41. The van der Waals surface area contributed by atoms with Crippen molar-refractivity contribution in [1.29, 1.82) is 0 Å². The van der Waals surface area contributed by atoms with Gasteiger partial charge >= 0.3 is 11.9 Å². The zero-order chi connectivity index (χ0) is 12.3. The molecule has 2 aromatic carbocycles. The van der Waals surface area contributed by atoms with E-state index in [9.17, 15) is 9.59 Å². The average molecular weight is 292 g/mol. The Kier molecular flexibility index (Phi) is 4.93. The minimum Gasteiger partial charge on any atom is -0.386 e. The van der Waals surface area contributed by atoms with E-state index >= 15 is 0 Å². The molecule has 0 aromatic heterocycles. The molecule has 0 spiro atoms. The van der Waals surface area contributed by atoms with Crippen molar-refractivity contribution in [3.05, 3.63) is 60.7 Å². The molecule has 2 rings (SSSR count). The third-order valence-corrected chi connectivity index (χ3v) is 2.37. The van der Waals surface area contributed by atoms with Crippen molar-refractivity contribution in [2.75, 3.05) is 0 Å². The van der Waals surface area contributed by atoms with Gasteiger partial charge in [0.1, 0.15) is 0 Å². The normalized spacial score (nSPS) is 9.33. The summed E-state index contributed by atoms with van der Waals surface area (Å²) in [5, 5.41) is 1.69. The molecule has 0 saturated carbocycles. The SMILES string of the molecule is C=CC(=O)OC(=O)c1cccc2ccccc12.[Zn]. The number of carbonyl (C=O) groups excluding carboxylic acids is 2. The van der Waals surface area contributed by atoms with Crippen LogP contribution in [-0.4, -0.2) is 11.9 Å². The zero-order valence-electron chi connectivity index (χ0n) is 9.76. The molecule has 86 valence electrons. The Hall–Kier alpha value is -1.80. The molecule has 0 unspecified atom stereocenters. The van der Waals surface area contributed by atoms with Gasteiger partial charge in [0.15, 0.2) is 0 Å². The van der Waals surface area contributed by atoms with Crippen molar-refractivity contribution >= 4 is 22.7 Å². The van der Waals surface area contributed by atoms with Gasteiger partial charge in [0.2, 0.25) is 0 Å². The number of benzene rings is 2. The van der Waals surface area contributed by atoms with Crippen LogP contribution < -0.4 is 0 Å². The fourth-order valence-corrected chi connectivity index (χ4v) is 1.59. The molecular formula is C14H10O3Zn. The molecule has 0 amide bonds. The number of ether oxygens (including phenoxy) is 1. The number of hydrogen-bond acceptors (Lipinski definition) is 3. The molecule has 0 aliphatic carbocycles. The topological polar surface area (TPSA) is 43.4 Å². The van der Waals surface area contributed by atoms with Gasteiger partial charge in [-0.3, -0.25) is 0 Å². The first kappa shape index (κ1) is 14.3. The smallest absolute Gasteiger partial charge is 0.346 e. The largest absolute Gasteiger partial charge is 0.386 e. The summed E-state index contributed by atoms with van der Waals surface area (Å²) in [7, 11) is 0. The van der Waals surface area contributed by atoms with Crippen molar-refractivity contribution in [2.24, 2.45) is 0 Å². The second-order valence-corrected chi connectivity index (χ2v) is 3.44. The van der Waals surface area contributed by atoms with Crippen LogP contribution in [0, 0.1) is 0 Å². The van der Waals surface area contributed by atoms with Gasteiger partial charge in [0, 0.05) is 25.6 Å². The molecule has 0 saturated heterocycles. The van der Waals surface area contributed by atoms with Gasteiger partial charge in [-0.2, -0.15) is 0 Å². The Morgan fingerprint density at radius 3 is 2.44 bits per heavy atom. The monoisotopic (exact) mass is 290 g/mol. The Balaban J connectivity index is 0.00000162. The molecule has 3 nitrogen and oxygen atoms in total. The Labute approximate surface area is 117 Å². The predicted octanol–water partition coefficient (Wildman–Crippen LogP) is 2.71. The fraction of sp³-hybridized carbons (Fsp3) is 0. The summed E-state index contributed by atoms with van der Waals surface area (Å²) in [6, 6.07) is 12.7. The average Bonchev–Trinajstić information content (AvgIpc) is 2.37. The van der Waals surface area contributed by atoms with E-state index in [-0.39, 0.29) is 19.5 Å². The van der Waals surface area contributed by atoms with Crippen molar-refractivity contribution in [3.63, 3.8) is 0 Å². The maximum Gasteiger partial charge on any atom is 0.346 e. The molecule has 0 heterocycles. The Morgan fingerprint density at radius 2 is 1.72 bits per heavy atom. The summed E-state index contributed by atoms with van der Waals surface area (Å²) >= 11 is 0. The molecule has 4 heteroatoms. The van der Waals surface area contributed by atoms with Gasteiger partial charge in [-0.25, -0.2) is 9.59 Å². The van der Waals surface area contributed by atoms with Crippen LogP contribution in [0.15, 0.2) is 55.1 Å². The van der Waals surface area contributed by atoms with Crippen LogP contribution >= 0.6 is 0 Å². The molecule has 0 N–H and O–H groups in total. The second kappa shape index (κ2) is 6.22. The number of esters is 2. The number of rotatable bonds is 2. The first-order valence-electron chi connectivity index (χ1n) is 5.08. The second-order valence-electron chi connectivity index (χ2n) is 3.44. The van der Waals surface area contributed by atoms with Gasteiger partial charge in [-0.1, -0.05) is 43.0 Å². The number of fused-ring (bicyclic) bond motifs is 1. The van der Waals surface area contributed by atoms with E-state index < -0.39 is 11.9 Å². The molecule has 18 heavy (non-hydrogen) atoms. The van der Waals surface area contributed by atoms with E-state index in [2.05, 4.69) is 11.3 Å². The van der Waals surface area contributed by atoms with Crippen LogP contribution in [-0.2, 0) is 29.0 Å². The molecule has 0 aliphatic heterocycles. The summed E-state index contributed by atoms with van der Waals surface area (Å²) < 4.78 is 4.60. The molecule has 0 radical (unpaired) electrons. The molecule has 2 aromatic rings. The van der Waals surface area contributed by atoms with Gasteiger partial charge in [0.25, 0.3) is 0 Å². The fourth-order valence-electron chi connectivity index (χ4n) is 1.59. The number of carbonyl (C=O) groups is 2. The van der Waals surface area contributed by atoms with Crippen molar-refractivity contribution in [3.8, 4) is 0 Å². The summed E-state index contributed by atoms with van der Waals surface area (Å²) in [6.45, 7) is 3.24. The Bertz CT molecular complexity index is 600. The standard InChI is InChI=1S/C14H10O3.Zn/c1-2-13(15)17-14(16)12-9-5-7-10-6-3-4-8-11(10)12;/h2-9H,1H2;. The van der Waals surface area contributed by atoms with Crippen LogP contribution in [0.4, 0.5) is 0 Å². The van der Waals surface area contributed by atoms with Gasteiger partial charge < -0.3 is 4.74 Å². The minimum absolute atomic E-state index is 0. The summed E-state index contributed by atoms with van der Waals surface area (Å²) in [4.78, 5) is 22.7. The maximum absolute atomic E-state index is 11.7. The van der Waals surface area contributed by atoms with Crippen molar-refractivity contribution in [1.82, 2.24) is 0 Å². The first-order chi connectivity index (χ1) is 8.22. The minimum atomic E-state index is -0.747. The van der Waals surface area contributed by atoms with Crippen LogP contribution in [0.25, 0.3) is 10.8 Å². The van der Waals surface area contributed by atoms with Gasteiger partial charge in [0.05, 0.1) is 5.56 Å². The van der Waals surface area contributed by atoms with E-state index in [1.165, 1.54) is 0 Å². The van der Waals surface area contributed by atoms with Crippen LogP contribution in [0.1, 0.15) is 10.4 Å². The van der Waals surface area contributed by atoms with E-state index in [4.69, 9.17) is 0 Å². The van der Waals surface area contributed by atoms with Crippen molar-refractivity contribution < 1.29 is 33.8 Å². The van der Waals surface area contributed by atoms with Crippen LogP contribution in [0.5, 0.6) is 0 Å². The van der Waals surface area contributed by atoms with Crippen LogP contribution in [0.2, 0.25) is 0 Å². The van der Waals surface area contributed by atoms with E-state index in [1.54, 1.807) is 12.1 Å². The molecular weight excluding hydrogens is 282 g/mol. The molecule has 0 aliphatic rings. The molecule has 0 fully saturated rings. The quantitative estimate of drug-likeness (QED) is 0.370. The Morgan fingerprint density at radius 1 is 1.06 bits per heavy atom. The third kappa shape index (κ3) is 2.90. The predicted molar refractivity (Wildman–Crippen MR) is 64.6 cm³/mol. The van der Waals surface area contributed by atoms with Crippen LogP contribution in [0.3, 0.4) is 0 Å². The van der Waals surface area contributed by atoms with Crippen molar-refractivity contribution in [2.45, 2.75) is 0 Å². The third-order valence-electron chi connectivity index (χ3n) is 2.37. The number of hydrogen-bond donors (Lipinski definition) is 0. The molecule has 0 atom stereocenters. The first-order valence-corrected chi connectivity index (χ1v) is 5.08. The van der Waals surface area contributed by atoms with Gasteiger partial charge in [-0.05, 0) is 16.8 Å². The van der Waals surface area contributed by atoms with E-state index in [1.807, 2.05) is 30.3 Å². The van der Waals surface area contributed by atoms with E-state index in [0.717, 1.165) is 16.8 Å². The maximum atomic E-state index is 11.7. The van der Waals surface area contributed by atoms with Gasteiger partial charge in [-0.15, -0.1) is 0 Å². The summed E-state index contributed by atoms with van der Waals surface area (Å²) in [6.07, 6.45) is 0.961. The molecule has 0 bridgehead atoms.